The van der Waals surface area contributed by atoms with Crippen molar-refractivity contribution in [2.75, 3.05) is 4.90 Å². The van der Waals surface area contributed by atoms with Crippen LogP contribution >= 0.6 is 0 Å². The van der Waals surface area contributed by atoms with E-state index in [2.05, 4.69) is 240 Å². The number of ether oxygens (including phenoxy) is 1. The molecule has 2 heterocycles. The third-order valence-corrected chi connectivity index (χ3v) is 13.3. The monoisotopic (exact) mass is 804 g/mol. The number of aromatic nitrogens is 1. The van der Waals surface area contributed by atoms with E-state index in [0.717, 1.165) is 34.1 Å². The molecule has 13 rings (SSSR count). The van der Waals surface area contributed by atoms with E-state index < -0.39 is 0 Å². The van der Waals surface area contributed by atoms with Crippen molar-refractivity contribution in [1.82, 2.24) is 4.57 Å². The molecule has 0 bridgehead atoms. The molecule has 1 aliphatic heterocycles. The van der Waals surface area contributed by atoms with Gasteiger partial charge in [-0.25, -0.2) is 0 Å². The van der Waals surface area contributed by atoms with Gasteiger partial charge < -0.3 is 14.2 Å². The quantitative estimate of drug-likeness (QED) is 0.156. The minimum atomic E-state index is -0.0422. The largest absolute Gasteiger partial charge is 0.485 e. The van der Waals surface area contributed by atoms with Crippen molar-refractivity contribution in [2.24, 2.45) is 0 Å². The van der Waals surface area contributed by atoms with Gasteiger partial charge in [0, 0.05) is 33.5 Å². The van der Waals surface area contributed by atoms with Crippen LogP contribution in [-0.4, -0.2) is 10.7 Å². The van der Waals surface area contributed by atoms with Gasteiger partial charge in [0.15, 0.2) is 0 Å². The molecule has 10 aromatic carbocycles. The molecule has 0 amide bonds. The van der Waals surface area contributed by atoms with Crippen LogP contribution in [0.4, 0.5) is 17.1 Å². The topological polar surface area (TPSA) is 17.4 Å². The summed E-state index contributed by atoms with van der Waals surface area (Å²) in [5.74, 6) is 1.08. The fourth-order valence-electron chi connectivity index (χ4n) is 10.4. The number of hydrogen-bond donors (Lipinski definition) is 0. The molecule has 0 saturated heterocycles. The minimum Gasteiger partial charge on any atom is -0.485 e. The van der Waals surface area contributed by atoms with Gasteiger partial charge in [0.1, 0.15) is 11.9 Å². The van der Waals surface area contributed by atoms with Crippen molar-refractivity contribution < 1.29 is 4.74 Å². The van der Waals surface area contributed by atoms with Gasteiger partial charge in [0.2, 0.25) is 0 Å². The molecule has 2 unspecified atom stereocenters. The second kappa shape index (κ2) is 14.2. The van der Waals surface area contributed by atoms with Gasteiger partial charge in [-0.2, -0.15) is 0 Å². The lowest BCUT2D eigenvalue weighted by Gasteiger charge is -2.31. The number of anilines is 3. The van der Waals surface area contributed by atoms with Crippen LogP contribution in [0, 0.1) is 0 Å². The number of nitrogens with zero attached hydrogens (tertiary/aromatic N) is 2. The minimum absolute atomic E-state index is 0.0422. The number of fused-ring (bicyclic) bond motifs is 10. The van der Waals surface area contributed by atoms with Gasteiger partial charge in [-0.1, -0.05) is 170 Å². The Morgan fingerprint density at radius 1 is 0.444 bits per heavy atom. The van der Waals surface area contributed by atoms with Gasteiger partial charge in [0.05, 0.1) is 28.1 Å². The SMILES string of the molecule is C1=CC2Oc3cc4ccccc4cc3C2C=C1c1ccccc1N(c1ccc(-c2cccc3c2ccc2ccccc23)cc1)c1ccccc1-n1c2ccccc2c2ccccc21. The maximum absolute atomic E-state index is 6.60. The van der Waals surface area contributed by atoms with E-state index in [1.165, 1.54) is 76.4 Å². The van der Waals surface area contributed by atoms with E-state index in [0.29, 0.717) is 0 Å². The Labute approximate surface area is 365 Å². The maximum Gasteiger partial charge on any atom is 0.128 e. The summed E-state index contributed by atoms with van der Waals surface area (Å²) in [6, 6.07) is 77.4. The van der Waals surface area contributed by atoms with E-state index in [-0.39, 0.29) is 12.0 Å². The van der Waals surface area contributed by atoms with Gasteiger partial charge in [-0.15, -0.1) is 0 Å². The van der Waals surface area contributed by atoms with Crippen molar-refractivity contribution in [1.29, 1.82) is 0 Å². The molecule has 2 aliphatic rings. The average molecular weight is 805 g/mol. The number of para-hydroxylation sites is 5. The highest BCUT2D eigenvalue weighted by Gasteiger charge is 2.34. The molecule has 0 fully saturated rings. The molecule has 1 aromatic heterocycles. The Balaban J connectivity index is 1.00. The zero-order valence-electron chi connectivity index (χ0n) is 34.4. The van der Waals surface area contributed by atoms with Crippen LogP contribution in [0.3, 0.4) is 0 Å². The van der Waals surface area contributed by atoms with E-state index >= 15 is 0 Å². The first-order valence-electron chi connectivity index (χ1n) is 21.8. The number of hydrogen-bond acceptors (Lipinski definition) is 2. The van der Waals surface area contributed by atoms with Crippen LogP contribution in [0.1, 0.15) is 17.0 Å². The molecular formula is C60H40N2O. The summed E-state index contributed by atoms with van der Waals surface area (Å²) < 4.78 is 9.03. The standard InChI is InChI=1S/C60H40N2O/c1-2-16-42-38-60-53(36-41(42)15-1)52-37-43(31-35-59(52)63-60)47-18-5-8-23-54(47)61(57-26-11-12-27-58(57)62-55-24-9-6-19-50(55)51-20-7-10-25-56(51)62)44-32-28-40(29-33-44)46-21-13-22-48-45-17-4-3-14-39(45)30-34-49(46)48/h1-38,52,59H. The van der Waals surface area contributed by atoms with E-state index in [9.17, 15) is 0 Å². The molecule has 1 aliphatic carbocycles. The Hall–Kier alpha value is -8.14. The summed E-state index contributed by atoms with van der Waals surface area (Å²) in [7, 11) is 0. The van der Waals surface area contributed by atoms with E-state index in [1.54, 1.807) is 0 Å². The lowest BCUT2D eigenvalue weighted by atomic mass is 9.85. The van der Waals surface area contributed by atoms with Crippen LogP contribution in [-0.2, 0) is 0 Å². The Morgan fingerprint density at radius 2 is 1.06 bits per heavy atom. The second-order valence-corrected chi connectivity index (χ2v) is 16.8. The fourth-order valence-corrected chi connectivity index (χ4v) is 10.4. The first-order chi connectivity index (χ1) is 31.2. The molecule has 296 valence electrons. The molecule has 3 nitrogen and oxygen atoms in total. The van der Waals surface area contributed by atoms with Crippen LogP contribution in [0.5, 0.6) is 5.75 Å². The highest BCUT2D eigenvalue weighted by atomic mass is 16.5. The fraction of sp³-hybridized carbons (Fsp3) is 0.0333. The lowest BCUT2D eigenvalue weighted by Crippen LogP contribution is -2.18. The maximum atomic E-state index is 6.60. The number of benzene rings is 10. The normalized spacial score (nSPS) is 15.5. The third-order valence-electron chi connectivity index (χ3n) is 13.3. The first-order valence-corrected chi connectivity index (χ1v) is 21.8. The van der Waals surface area contributed by atoms with Gasteiger partial charge in [-0.3, -0.25) is 0 Å². The molecular weight excluding hydrogens is 765 g/mol. The van der Waals surface area contributed by atoms with Crippen molar-refractivity contribution >= 4 is 76.8 Å². The van der Waals surface area contributed by atoms with Gasteiger partial charge in [-0.05, 0) is 110 Å². The zero-order chi connectivity index (χ0) is 41.4. The summed E-state index contributed by atoms with van der Waals surface area (Å²) >= 11 is 0. The molecule has 2 atom stereocenters. The lowest BCUT2D eigenvalue weighted by molar-refractivity contribution is 0.269. The van der Waals surface area contributed by atoms with Gasteiger partial charge in [0.25, 0.3) is 0 Å². The van der Waals surface area contributed by atoms with Gasteiger partial charge >= 0.3 is 0 Å². The van der Waals surface area contributed by atoms with Crippen LogP contribution in [0.25, 0.3) is 76.5 Å². The summed E-state index contributed by atoms with van der Waals surface area (Å²) in [6.07, 6.45) is 6.89. The first kappa shape index (κ1) is 35.6. The summed E-state index contributed by atoms with van der Waals surface area (Å²) in [6.45, 7) is 0. The number of rotatable bonds is 6. The smallest absolute Gasteiger partial charge is 0.128 e. The second-order valence-electron chi connectivity index (χ2n) is 16.8. The Bertz CT molecular complexity index is 3630. The molecule has 63 heavy (non-hydrogen) atoms. The van der Waals surface area contributed by atoms with Crippen molar-refractivity contribution in [2.45, 2.75) is 12.0 Å². The highest BCUT2D eigenvalue weighted by Crippen LogP contribution is 2.49. The third kappa shape index (κ3) is 5.67. The molecule has 0 spiro atoms. The van der Waals surface area contributed by atoms with E-state index in [1.807, 2.05) is 0 Å². The summed E-state index contributed by atoms with van der Waals surface area (Å²) in [5, 5.41) is 9.96. The molecule has 11 aromatic rings. The zero-order valence-corrected chi connectivity index (χ0v) is 34.4. The predicted molar refractivity (Wildman–Crippen MR) is 264 cm³/mol. The Kier molecular flexibility index (Phi) is 8.04. The molecule has 3 heteroatoms. The molecule has 0 saturated carbocycles. The summed E-state index contributed by atoms with van der Waals surface area (Å²) in [4.78, 5) is 2.46. The predicted octanol–water partition coefficient (Wildman–Crippen LogP) is 15.9. The number of allylic oxidation sites excluding steroid dienone is 2. The van der Waals surface area contributed by atoms with Crippen LogP contribution < -0.4 is 9.64 Å². The molecule has 0 radical (unpaired) electrons. The Morgan fingerprint density at radius 3 is 1.86 bits per heavy atom. The molecule has 0 N–H and O–H groups in total. The van der Waals surface area contributed by atoms with Crippen LogP contribution in [0.15, 0.2) is 231 Å². The average Bonchev–Trinajstić information content (AvgIpc) is 3.88. The van der Waals surface area contributed by atoms with Crippen molar-refractivity contribution in [3.63, 3.8) is 0 Å². The van der Waals surface area contributed by atoms with Crippen molar-refractivity contribution in [3.8, 4) is 22.6 Å². The highest BCUT2D eigenvalue weighted by molar-refractivity contribution is 6.12. The van der Waals surface area contributed by atoms with E-state index in [4.69, 9.17) is 4.74 Å². The van der Waals surface area contributed by atoms with Crippen LogP contribution in [0.2, 0.25) is 0 Å². The summed E-state index contributed by atoms with van der Waals surface area (Å²) in [5.41, 5.74) is 12.7. The van der Waals surface area contributed by atoms with Crippen molar-refractivity contribution in [3.05, 3.63) is 242 Å².